The van der Waals surface area contributed by atoms with Gasteiger partial charge < -0.3 is 10.1 Å². The molecule has 0 aromatic carbocycles. The van der Waals surface area contributed by atoms with Crippen molar-refractivity contribution >= 4 is 28.6 Å². The van der Waals surface area contributed by atoms with Gasteiger partial charge in [-0.1, -0.05) is 13.3 Å². The van der Waals surface area contributed by atoms with Crippen molar-refractivity contribution in [1.82, 2.24) is 14.1 Å². The molecule has 25 heavy (non-hydrogen) atoms. The first-order chi connectivity index (χ1) is 11.8. The van der Waals surface area contributed by atoms with Crippen molar-refractivity contribution in [2.24, 2.45) is 14.1 Å². The summed E-state index contributed by atoms with van der Waals surface area (Å²) in [4.78, 5) is 52.6. The van der Waals surface area contributed by atoms with E-state index in [2.05, 4.69) is 15.0 Å². The molecule has 0 unspecified atom stereocenters. The SMILES string of the molecule is CCCc1cnc2c(c1NC(=O)C(=O)OCC)c(=O)n(C)c(=O)n2C. The number of hydrogen-bond donors (Lipinski definition) is 1. The van der Waals surface area contributed by atoms with Gasteiger partial charge in [-0.25, -0.2) is 14.6 Å². The molecule has 9 heteroatoms. The molecule has 1 amide bonds. The number of carbonyl (C=O) groups is 2. The number of ether oxygens (including phenoxy) is 1. The van der Waals surface area contributed by atoms with Gasteiger partial charge in [0.2, 0.25) is 0 Å². The number of nitrogens with one attached hydrogen (secondary N) is 1. The summed E-state index contributed by atoms with van der Waals surface area (Å²) in [6.45, 7) is 3.57. The number of fused-ring (bicyclic) bond motifs is 1. The van der Waals surface area contributed by atoms with Crippen LogP contribution in [0.2, 0.25) is 0 Å². The maximum atomic E-state index is 12.6. The molecule has 2 aromatic heterocycles. The van der Waals surface area contributed by atoms with E-state index in [-0.39, 0.29) is 23.3 Å². The highest BCUT2D eigenvalue weighted by molar-refractivity contribution is 6.38. The third-order valence-corrected chi connectivity index (χ3v) is 3.77. The molecule has 9 nitrogen and oxygen atoms in total. The van der Waals surface area contributed by atoms with Gasteiger partial charge in [0.15, 0.2) is 5.65 Å². The number of pyridine rings is 1. The highest BCUT2D eigenvalue weighted by Gasteiger charge is 2.22. The molecular weight excluding hydrogens is 328 g/mol. The Morgan fingerprint density at radius 3 is 2.48 bits per heavy atom. The van der Waals surface area contributed by atoms with Crippen LogP contribution in [0.3, 0.4) is 0 Å². The third-order valence-electron chi connectivity index (χ3n) is 3.77. The standard InChI is InChI=1S/C16H20N4O5/c1-5-7-9-8-17-12-10(14(22)20(4)16(24)19(12)3)11(9)18-13(21)15(23)25-6-2/h8H,5-7H2,1-4H3,(H,17,18,21). The van der Waals surface area contributed by atoms with E-state index >= 15 is 0 Å². The normalized spacial score (nSPS) is 10.7. The van der Waals surface area contributed by atoms with Gasteiger partial charge in [-0.05, 0) is 18.9 Å². The highest BCUT2D eigenvalue weighted by Crippen LogP contribution is 2.23. The van der Waals surface area contributed by atoms with Crippen molar-refractivity contribution in [3.63, 3.8) is 0 Å². The number of amides is 1. The minimum atomic E-state index is -1.04. The van der Waals surface area contributed by atoms with Crippen molar-refractivity contribution < 1.29 is 14.3 Å². The molecule has 0 saturated heterocycles. The average Bonchev–Trinajstić information content (AvgIpc) is 2.59. The molecule has 0 bridgehead atoms. The van der Waals surface area contributed by atoms with E-state index in [1.54, 1.807) is 6.92 Å². The van der Waals surface area contributed by atoms with Crippen LogP contribution in [0.1, 0.15) is 25.8 Å². The molecular formula is C16H20N4O5. The van der Waals surface area contributed by atoms with Gasteiger partial charge in [0.25, 0.3) is 5.56 Å². The Hall–Kier alpha value is -2.97. The van der Waals surface area contributed by atoms with Crippen molar-refractivity contribution in [3.05, 3.63) is 32.6 Å². The second-order valence-corrected chi connectivity index (χ2v) is 5.49. The van der Waals surface area contributed by atoms with Crippen LogP contribution in [0.5, 0.6) is 0 Å². The van der Waals surface area contributed by atoms with Crippen LogP contribution < -0.4 is 16.6 Å². The Kier molecular flexibility index (Phi) is 5.35. The van der Waals surface area contributed by atoms with Gasteiger partial charge >= 0.3 is 17.6 Å². The molecule has 134 valence electrons. The van der Waals surface area contributed by atoms with Gasteiger partial charge in [0, 0.05) is 20.3 Å². The van der Waals surface area contributed by atoms with E-state index in [0.717, 1.165) is 11.0 Å². The van der Waals surface area contributed by atoms with Crippen molar-refractivity contribution in [1.29, 1.82) is 0 Å². The van der Waals surface area contributed by atoms with Gasteiger partial charge in [0.1, 0.15) is 5.39 Å². The highest BCUT2D eigenvalue weighted by atomic mass is 16.5. The maximum absolute atomic E-state index is 12.6. The Morgan fingerprint density at radius 2 is 1.88 bits per heavy atom. The first kappa shape index (κ1) is 18.4. The number of aromatic nitrogens is 3. The maximum Gasteiger partial charge on any atom is 0.397 e. The number of esters is 1. The number of anilines is 1. The monoisotopic (exact) mass is 348 g/mol. The van der Waals surface area contributed by atoms with Crippen LogP contribution in [0.25, 0.3) is 11.0 Å². The topological polar surface area (TPSA) is 112 Å². The fourth-order valence-electron chi connectivity index (χ4n) is 2.53. The second kappa shape index (κ2) is 7.29. The summed E-state index contributed by atoms with van der Waals surface area (Å²) in [5, 5.41) is 2.53. The average molecular weight is 348 g/mol. The van der Waals surface area contributed by atoms with Crippen molar-refractivity contribution in [3.8, 4) is 0 Å². The zero-order chi connectivity index (χ0) is 18.7. The van der Waals surface area contributed by atoms with Crippen LogP contribution in [-0.2, 0) is 34.8 Å². The lowest BCUT2D eigenvalue weighted by Crippen LogP contribution is -2.38. The molecule has 0 atom stereocenters. The fraction of sp³-hybridized carbons (Fsp3) is 0.438. The zero-order valence-electron chi connectivity index (χ0n) is 14.6. The van der Waals surface area contributed by atoms with Gasteiger partial charge in [-0.15, -0.1) is 0 Å². The molecule has 0 spiro atoms. The summed E-state index contributed by atoms with van der Waals surface area (Å²) in [5.74, 6) is -2.03. The molecule has 2 aromatic rings. The number of aryl methyl sites for hydroxylation is 2. The molecule has 1 N–H and O–H groups in total. The Morgan fingerprint density at radius 1 is 1.20 bits per heavy atom. The Labute approximate surface area is 143 Å². The molecule has 0 fully saturated rings. The molecule has 0 saturated carbocycles. The van der Waals surface area contributed by atoms with Crippen LogP contribution in [0, 0.1) is 0 Å². The summed E-state index contributed by atoms with van der Waals surface area (Å²) >= 11 is 0. The lowest BCUT2D eigenvalue weighted by Gasteiger charge is -2.14. The first-order valence-corrected chi connectivity index (χ1v) is 7.89. The smallest absolute Gasteiger partial charge is 0.397 e. The van der Waals surface area contributed by atoms with E-state index in [9.17, 15) is 19.2 Å². The third kappa shape index (κ3) is 3.30. The molecule has 0 radical (unpaired) electrons. The lowest BCUT2D eigenvalue weighted by atomic mass is 10.1. The molecule has 0 aliphatic heterocycles. The predicted molar refractivity (Wildman–Crippen MR) is 91.5 cm³/mol. The molecule has 2 rings (SSSR count). The number of nitrogens with zero attached hydrogens (tertiary/aromatic N) is 3. The molecule has 0 aliphatic rings. The lowest BCUT2D eigenvalue weighted by molar-refractivity contribution is -0.152. The van der Waals surface area contributed by atoms with E-state index in [1.165, 1.54) is 24.9 Å². The number of hydrogen-bond acceptors (Lipinski definition) is 6. The summed E-state index contributed by atoms with van der Waals surface area (Å²) < 4.78 is 6.82. The number of carbonyl (C=O) groups excluding carboxylic acids is 2. The van der Waals surface area contributed by atoms with E-state index in [1.807, 2.05) is 6.92 Å². The summed E-state index contributed by atoms with van der Waals surface area (Å²) in [5.41, 5.74) is -0.213. The quantitative estimate of drug-likeness (QED) is 0.619. The summed E-state index contributed by atoms with van der Waals surface area (Å²) in [7, 11) is 2.82. The minimum absolute atomic E-state index is 0.0570. The van der Waals surface area contributed by atoms with E-state index in [0.29, 0.717) is 12.0 Å². The first-order valence-electron chi connectivity index (χ1n) is 7.89. The van der Waals surface area contributed by atoms with Crippen molar-refractivity contribution in [2.75, 3.05) is 11.9 Å². The van der Waals surface area contributed by atoms with Gasteiger partial charge in [0.05, 0.1) is 12.3 Å². The summed E-state index contributed by atoms with van der Waals surface area (Å²) in [6.07, 6.45) is 2.76. The van der Waals surface area contributed by atoms with Crippen LogP contribution in [-0.4, -0.2) is 32.6 Å². The predicted octanol–water partition coefficient (Wildman–Crippen LogP) is 0.0863. The zero-order valence-corrected chi connectivity index (χ0v) is 14.6. The van der Waals surface area contributed by atoms with Crippen LogP contribution in [0.15, 0.2) is 15.8 Å². The van der Waals surface area contributed by atoms with E-state index < -0.39 is 23.1 Å². The van der Waals surface area contributed by atoms with Crippen LogP contribution >= 0.6 is 0 Å². The van der Waals surface area contributed by atoms with Gasteiger partial charge in [-0.3, -0.25) is 18.7 Å². The van der Waals surface area contributed by atoms with Gasteiger partial charge in [-0.2, -0.15) is 0 Å². The Balaban J connectivity index is 2.76. The number of rotatable bonds is 4. The second-order valence-electron chi connectivity index (χ2n) is 5.49. The summed E-state index contributed by atoms with van der Waals surface area (Å²) in [6, 6.07) is 0. The largest absolute Gasteiger partial charge is 0.459 e. The Bertz CT molecular complexity index is 958. The minimum Gasteiger partial charge on any atom is -0.459 e. The molecule has 2 heterocycles. The van der Waals surface area contributed by atoms with E-state index in [4.69, 9.17) is 0 Å². The van der Waals surface area contributed by atoms with Crippen molar-refractivity contribution in [2.45, 2.75) is 26.7 Å². The van der Waals surface area contributed by atoms with Crippen LogP contribution in [0.4, 0.5) is 5.69 Å². The fourth-order valence-corrected chi connectivity index (χ4v) is 2.53. The molecule has 0 aliphatic carbocycles.